The molecule has 0 fully saturated rings. The zero-order valence-corrected chi connectivity index (χ0v) is 13.9. The van der Waals surface area contributed by atoms with Crippen LogP contribution in [-0.2, 0) is 20.5 Å². The maximum absolute atomic E-state index is 12.8. The maximum atomic E-state index is 12.8. The number of amides is 1. The second-order valence-corrected chi connectivity index (χ2v) is 5.95. The fourth-order valence-electron chi connectivity index (χ4n) is 1.91. The molecule has 0 aliphatic carbocycles. The molecule has 0 bridgehead atoms. The van der Waals surface area contributed by atoms with E-state index in [1.165, 1.54) is 23.5 Å². The molecule has 4 nitrogen and oxygen atoms in total. The third-order valence-corrected chi connectivity index (χ3v) is 4.11. The summed E-state index contributed by atoms with van der Waals surface area (Å²) in [4.78, 5) is 24.1. The quantitative estimate of drug-likeness (QED) is 0.633. The van der Waals surface area contributed by atoms with Crippen molar-refractivity contribution in [2.75, 3.05) is 11.9 Å². The predicted molar refractivity (Wildman–Crippen MR) is 89.1 cm³/mol. The molecule has 132 valence electrons. The van der Waals surface area contributed by atoms with Gasteiger partial charge in [-0.05, 0) is 42.1 Å². The molecule has 1 aromatic heterocycles. The maximum Gasteiger partial charge on any atom is 0.418 e. The number of aryl methyl sites for hydroxylation is 1. The van der Waals surface area contributed by atoms with E-state index in [2.05, 4.69) is 5.32 Å². The second kappa shape index (κ2) is 7.98. The number of hydrogen-bond acceptors (Lipinski definition) is 4. The van der Waals surface area contributed by atoms with Gasteiger partial charge >= 0.3 is 12.1 Å². The van der Waals surface area contributed by atoms with Gasteiger partial charge in [0.25, 0.3) is 5.91 Å². The Bertz CT molecular complexity index is 796. The molecule has 1 amide bonds. The lowest BCUT2D eigenvalue weighted by atomic mass is 10.1. The van der Waals surface area contributed by atoms with E-state index in [4.69, 9.17) is 4.74 Å². The largest absolute Gasteiger partial charge is 0.452 e. The van der Waals surface area contributed by atoms with E-state index >= 15 is 0 Å². The lowest BCUT2D eigenvalue weighted by Gasteiger charge is -2.13. The second-order valence-electron chi connectivity index (χ2n) is 5.00. The number of halogens is 3. The fourth-order valence-corrected chi connectivity index (χ4v) is 2.73. The first-order valence-electron chi connectivity index (χ1n) is 7.12. The number of carbonyl (C=O) groups excluding carboxylic acids is 2. The van der Waals surface area contributed by atoms with E-state index < -0.39 is 30.2 Å². The molecule has 0 aliphatic heterocycles. The van der Waals surface area contributed by atoms with E-state index in [1.54, 1.807) is 6.08 Å². The average molecular weight is 369 g/mol. The number of alkyl halides is 3. The highest BCUT2D eigenvalue weighted by atomic mass is 32.1. The van der Waals surface area contributed by atoms with Gasteiger partial charge in [0, 0.05) is 11.0 Å². The summed E-state index contributed by atoms with van der Waals surface area (Å²) in [5.74, 6) is -1.61. The average Bonchev–Trinajstić information content (AvgIpc) is 2.95. The summed E-state index contributed by atoms with van der Waals surface area (Å²) in [6.07, 6.45) is -1.88. The highest BCUT2D eigenvalue weighted by Crippen LogP contribution is 2.34. The summed E-state index contributed by atoms with van der Waals surface area (Å²) in [7, 11) is 0. The van der Waals surface area contributed by atoms with Gasteiger partial charge in [-0.1, -0.05) is 12.1 Å². The number of esters is 1. The highest BCUT2D eigenvalue weighted by molar-refractivity contribution is 7.11. The van der Waals surface area contributed by atoms with E-state index in [-0.39, 0.29) is 5.69 Å². The first-order chi connectivity index (χ1) is 11.8. The number of nitrogens with one attached hydrogen (secondary N) is 1. The van der Waals surface area contributed by atoms with Gasteiger partial charge < -0.3 is 10.1 Å². The van der Waals surface area contributed by atoms with E-state index in [0.717, 1.165) is 28.6 Å². The minimum absolute atomic E-state index is 0.388. The van der Waals surface area contributed by atoms with Gasteiger partial charge in [0.05, 0.1) is 11.3 Å². The third-order valence-electron chi connectivity index (χ3n) is 3.12. The number of anilines is 1. The molecule has 0 saturated heterocycles. The molecular weight excluding hydrogens is 355 g/mol. The van der Waals surface area contributed by atoms with Gasteiger partial charge in [-0.25, -0.2) is 4.79 Å². The van der Waals surface area contributed by atoms with Crippen molar-refractivity contribution in [3.63, 3.8) is 0 Å². The van der Waals surface area contributed by atoms with Crippen LogP contribution < -0.4 is 5.32 Å². The van der Waals surface area contributed by atoms with Crippen LogP contribution in [0.4, 0.5) is 18.9 Å². The molecule has 25 heavy (non-hydrogen) atoms. The molecule has 0 spiro atoms. The van der Waals surface area contributed by atoms with Crippen LogP contribution in [-0.4, -0.2) is 18.5 Å². The predicted octanol–water partition coefficient (Wildman–Crippen LogP) is 4.27. The van der Waals surface area contributed by atoms with Crippen LogP contribution in [0.2, 0.25) is 0 Å². The fraction of sp³-hybridized carbons (Fsp3) is 0.176. The molecule has 8 heteroatoms. The van der Waals surface area contributed by atoms with Crippen molar-refractivity contribution in [1.82, 2.24) is 0 Å². The lowest BCUT2D eigenvalue weighted by molar-refractivity contribution is -0.142. The molecule has 0 saturated carbocycles. The Labute approximate surface area is 145 Å². The lowest BCUT2D eigenvalue weighted by Crippen LogP contribution is -2.22. The molecule has 0 radical (unpaired) electrons. The van der Waals surface area contributed by atoms with Crippen LogP contribution in [0, 0.1) is 6.92 Å². The van der Waals surface area contributed by atoms with Crippen molar-refractivity contribution < 1.29 is 27.5 Å². The zero-order valence-electron chi connectivity index (χ0n) is 13.1. The van der Waals surface area contributed by atoms with Crippen molar-refractivity contribution in [2.24, 2.45) is 0 Å². The Morgan fingerprint density at radius 1 is 1.24 bits per heavy atom. The van der Waals surface area contributed by atoms with Crippen molar-refractivity contribution in [3.8, 4) is 0 Å². The van der Waals surface area contributed by atoms with Gasteiger partial charge in [-0.3, -0.25) is 4.79 Å². The summed E-state index contributed by atoms with van der Waals surface area (Å²) in [5, 5.41) is 3.96. The number of thiophene rings is 1. The van der Waals surface area contributed by atoms with E-state index in [9.17, 15) is 22.8 Å². The molecule has 0 aliphatic rings. The molecule has 0 atom stereocenters. The van der Waals surface area contributed by atoms with Gasteiger partial charge in [-0.2, -0.15) is 13.2 Å². The Morgan fingerprint density at radius 3 is 2.60 bits per heavy atom. The van der Waals surface area contributed by atoms with E-state index in [0.29, 0.717) is 0 Å². The Morgan fingerprint density at radius 2 is 1.96 bits per heavy atom. The van der Waals surface area contributed by atoms with Crippen LogP contribution in [0.1, 0.15) is 16.0 Å². The topological polar surface area (TPSA) is 55.4 Å². The zero-order chi connectivity index (χ0) is 18.4. The molecule has 0 unspecified atom stereocenters. The number of carbonyl (C=O) groups is 2. The first-order valence-corrected chi connectivity index (χ1v) is 8.00. The summed E-state index contributed by atoms with van der Waals surface area (Å²) in [5.41, 5.74) is -0.362. The molecule has 2 aromatic rings. The van der Waals surface area contributed by atoms with Crippen LogP contribution in [0.25, 0.3) is 6.08 Å². The molecule has 2 rings (SSSR count). The van der Waals surface area contributed by atoms with Gasteiger partial charge in [0.15, 0.2) is 6.61 Å². The van der Waals surface area contributed by atoms with Crippen LogP contribution >= 0.6 is 11.3 Å². The van der Waals surface area contributed by atoms with Crippen molar-refractivity contribution in [2.45, 2.75) is 13.1 Å². The SMILES string of the molecule is Cc1ccsc1/C=C/C(=O)OCC(=O)Nc1ccccc1C(F)(F)F. The number of rotatable bonds is 5. The first kappa shape index (κ1) is 18.7. The van der Waals surface area contributed by atoms with Crippen LogP contribution in [0.15, 0.2) is 41.8 Å². The number of ether oxygens (including phenoxy) is 1. The number of para-hydroxylation sites is 1. The Kier molecular flexibility index (Phi) is 5.97. The number of hydrogen-bond donors (Lipinski definition) is 1. The summed E-state index contributed by atoms with van der Waals surface area (Å²) in [6.45, 7) is 1.20. The molecule has 1 N–H and O–H groups in total. The summed E-state index contributed by atoms with van der Waals surface area (Å²) in [6, 6.07) is 6.45. The molecular formula is C17H14F3NO3S. The third kappa shape index (κ3) is 5.46. The van der Waals surface area contributed by atoms with Gasteiger partial charge in [-0.15, -0.1) is 11.3 Å². The summed E-state index contributed by atoms with van der Waals surface area (Å²) >= 11 is 1.44. The Hall–Kier alpha value is -2.61. The monoisotopic (exact) mass is 369 g/mol. The summed E-state index contributed by atoms with van der Waals surface area (Å²) < 4.78 is 43.2. The van der Waals surface area contributed by atoms with Crippen LogP contribution in [0.3, 0.4) is 0 Å². The van der Waals surface area contributed by atoms with Gasteiger partial charge in [0.2, 0.25) is 0 Å². The minimum Gasteiger partial charge on any atom is -0.452 e. The van der Waals surface area contributed by atoms with Crippen LogP contribution in [0.5, 0.6) is 0 Å². The smallest absolute Gasteiger partial charge is 0.418 e. The van der Waals surface area contributed by atoms with E-state index in [1.807, 2.05) is 18.4 Å². The van der Waals surface area contributed by atoms with Gasteiger partial charge in [0.1, 0.15) is 0 Å². The number of benzene rings is 1. The Balaban J connectivity index is 1.90. The molecule has 1 heterocycles. The highest BCUT2D eigenvalue weighted by Gasteiger charge is 2.33. The molecule has 1 aromatic carbocycles. The van der Waals surface area contributed by atoms with Crippen molar-refractivity contribution in [1.29, 1.82) is 0 Å². The van der Waals surface area contributed by atoms with Crippen molar-refractivity contribution >= 4 is 35.0 Å². The standard InChI is InChI=1S/C17H14F3NO3S/c1-11-8-9-25-14(11)6-7-16(23)24-10-15(22)21-13-5-3-2-4-12(13)17(18,19)20/h2-9H,10H2,1H3,(H,21,22)/b7-6+. The van der Waals surface area contributed by atoms with Crippen molar-refractivity contribution in [3.05, 3.63) is 57.8 Å². The minimum atomic E-state index is -4.60. The normalized spacial score (nSPS) is 11.5.